The first-order chi connectivity index (χ1) is 7.41. The largest absolute Gasteiger partial charge is 0.420 e. The van der Waals surface area contributed by atoms with Crippen LogP contribution in [0.15, 0.2) is 18.5 Å². The number of aldehydes is 1. The number of pyridine rings is 1. The predicted octanol–water partition coefficient (Wildman–Crippen LogP) is 2.47. The van der Waals surface area contributed by atoms with E-state index in [-0.39, 0.29) is 11.2 Å². The first-order valence-corrected chi connectivity index (χ1v) is 4.43. The second kappa shape index (κ2) is 3.33. The molecule has 2 aromatic rings. The van der Waals surface area contributed by atoms with Gasteiger partial charge in [0, 0.05) is 18.0 Å². The van der Waals surface area contributed by atoms with Crippen molar-refractivity contribution in [2.45, 2.75) is 13.1 Å². The first-order valence-electron chi connectivity index (χ1n) is 4.43. The molecular weight excluding hydrogens is 221 g/mol. The van der Waals surface area contributed by atoms with Crippen LogP contribution >= 0.6 is 0 Å². The monoisotopic (exact) mass is 228 g/mol. The molecular formula is C10H7F3N2O. The maximum absolute atomic E-state index is 12.7. The Hall–Kier alpha value is -1.85. The van der Waals surface area contributed by atoms with Gasteiger partial charge in [-0.05, 0) is 13.0 Å². The van der Waals surface area contributed by atoms with Gasteiger partial charge in [0.05, 0.1) is 11.3 Å². The average molecular weight is 228 g/mol. The van der Waals surface area contributed by atoms with Gasteiger partial charge >= 0.3 is 6.18 Å². The summed E-state index contributed by atoms with van der Waals surface area (Å²) in [6, 6.07) is 0.800. The van der Waals surface area contributed by atoms with Gasteiger partial charge in [0.2, 0.25) is 0 Å². The molecule has 0 radical (unpaired) electrons. The summed E-state index contributed by atoms with van der Waals surface area (Å²) in [6.07, 6.45) is -1.38. The van der Waals surface area contributed by atoms with Crippen molar-refractivity contribution in [1.82, 2.24) is 9.38 Å². The molecule has 0 aliphatic heterocycles. The smallest absolute Gasteiger partial charge is 0.306 e. The maximum Gasteiger partial charge on any atom is 0.420 e. The summed E-state index contributed by atoms with van der Waals surface area (Å²) in [4.78, 5) is 14.3. The Morgan fingerprint density at radius 1 is 1.38 bits per heavy atom. The Balaban J connectivity index is 2.83. The summed E-state index contributed by atoms with van der Waals surface area (Å²) in [6.45, 7) is 1.59. The van der Waals surface area contributed by atoms with Gasteiger partial charge in [-0.25, -0.2) is 4.98 Å². The zero-order valence-corrected chi connectivity index (χ0v) is 8.25. The summed E-state index contributed by atoms with van der Waals surface area (Å²) in [5, 5.41) is 0. The molecule has 0 saturated heterocycles. The number of hydrogen-bond acceptors (Lipinski definition) is 2. The molecule has 0 aromatic carbocycles. The molecule has 2 heterocycles. The third-order valence-corrected chi connectivity index (χ3v) is 2.13. The standard InChI is InChI=1S/C10H7F3N2O/c1-6-3-15-4-7(5-16)2-8(9(15)14-6)10(11,12)13/h2-5H,1H3. The minimum atomic E-state index is -4.52. The topological polar surface area (TPSA) is 34.4 Å². The van der Waals surface area contributed by atoms with E-state index in [0.717, 1.165) is 6.07 Å². The molecule has 0 aliphatic rings. The Kier molecular flexibility index (Phi) is 2.22. The molecule has 2 aromatic heterocycles. The molecule has 0 unspecified atom stereocenters. The van der Waals surface area contributed by atoms with Gasteiger partial charge < -0.3 is 4.40 Å². The SMILES string of the molecule is Cc1cn2cc(C=O)cc(C(F)(F)F)c2n1. The highest BCUT2D eigenvalue weighted by atomic mass is 19.4. The Labute approximate surface area is 88.5 Å². The lowest BCUT2D eigenvalue weighted by atomic mass is 10.2. The highest BCUT2D eigenvalue weighted by Gasteiger charge is 2.34. The fourth-order valence-corrected chi connectivity index (χ4v) is 1.52. The molecule has 0 aliphatic carbocycles. The third-order valence-electron chi connectivity index (χ3n) is 2.13. The molecule has 2 rings (SSSR count). The second-order valence-corrected chi connectivity index (χ2v) is 3.42. The molecule has 0 atom stereocenters. The van der Waals surface area contributed by atoms with Crippen LogP contribution in [0.25, 0.3) is 5.65 Å². The lowest BCUT2D eigenvalue weighted by Crippen LogP contribution is -2.09. The molecule has 0 fully saturated rings. The molecule has 16 heavy (non-hydrogen) atoms. The number of hydrogen-bond donors (Lipinski definition) is 0. The van der Waals surface area contributed by atoms with E-state index in [9.17, 15) is 18.0 Å². The van der Waals surface area contributed by atoms with Gasteiger partial charge in [0.15, 0.2) is 6.29 Å². The zero-order chi connectivity index (χ0) is 11.9. The maximum atomic E-state index is 12.7. The number of halogens is 3. The van der Waals surface area contributed by atoms with Crippen LogP contribution in [0.3, 0.4) is 0 Å². The van der Waals surface area contributed by atoms with E-state index in [1.54, 1.807) is 6.92 Å². The van der Waals surface area contributed by atoms with Gasteiger partial charge in [-0.1, -0.05) is 0 Å². The highest BCUT2D eigenvalue weighted by Crippen LogP contribution is 2.32. The molecule has 84 valence electrons. The summed E-state index contributed by atoms with van der Waals surface area (Å²) >= 11 is 0. The predicted molar refractivity (Wildman–Crippen MR) is 50.3 cm³/mol. The van der Waals surface area contributed by atoms with E-state index in [4.69, 9.17) is 0 Å². The molecule has 6 heteroatoms. The number of imidazole rings is 1. The van der Waals surface area contributed by atoms with E-state index < -0.39 is 11.7 Å². The minimum Gasteiger partial charge on any atom is -0.306 e. The van der Waals surface area contributed by atoms with Crippen LogP contribution in [0.1, 0.15) is 21.6 Å². The van der Waals surface area contributed by atoms with Crippen molar-refractivity contribution in [2.24, 2.45) is 0 Å². The number of nitrogens with zero attached hydrogens (tertiary/aromatic N) is 2. The first kappa shape index (κ1) is 10.7. The summed E-state index contributed by atoms with van der Waals surface area (Å²) in [5.74, 6) is 0. The number of fused-ring (bicyclic) bond motifs is 1. The molecule has 0 N–H and O–H groups in total. The van der Waals surface area contributed by atoms with Crippen LogP contribution in [-0.4, -0.2) is 15.7 Å². The molecule has 0 amide bonds. The Morgan fingerprint density at radius 2 is 2.06 bits per heavy atom. The van der Waals surface area contributed by atoms with Crippen LogP contribution < -0.4 is 0 Å². The lowest BCUT2D eigenvalue weighted by molar-refractivity contribution is -0.136. The normalized spacial score (nSPS) is 12.0. The summed E-state index contributed by atoms with van der Waals surface area (Å²) < 4.78 is 39.2. The van der Waals surface area contributed by atoms with Crippen molar-refractivity contribution in [3.05, 3.63) is 35.3 Å². The van der Waals surface area contributed by atoms with Crippen molar-refractivity contribution in [3.8, 4) is 0 Å². The van der Waals surface area contributed by atoms with Crippen LogP contribution in [0.2, 0.25) is 0 Å². The van der Waals surface area contributed by atoms with Gasteiger partial charge in [-0.3, -0.25) is 4.79 Å². The summed E-state index contributed by atoms with van der Waals surface area (Å²) in [7, 11) is 0. The van der Waals surface area contributed by atoms with Gasteiger partial charge in [0.25, 0.3) is 0 Å². The fraction of sp³-hybridized carbons (Fsp3) is 0.200. The highest BCUT2D eigenvalue weighted by molar-refractivity contribution is 5.76. The molecule has 0 saturated carbocycles. The van der Waals surface area contributed by atoms with Crippen LogP contribution in [0.4, 0.5) is 13.2 Å². The van der Waals surface area contributed by atoms with Crippen molar-refractivity contribution >= 4 is 11.9 Å². The fourth-order valence-electron chi connectivity index (χ4n) is 1.52. The van der Waals surface area contributed by atoms with E-state index in [1.807, 2.05) is 0 Å². The van der Waals surface area contributed by atoms with Crippen LogP contribution in [0, 0.1) is 6.92 Å². The third kappa shape index (κ3) is 1.66. The quantitative estimate of drug-likeness (QED) is 0.702. The number of alkyl halides is 3. The molecule has 0 bridgehead atoms. The average Bonchev–Trinajstić information content (AvgIpc) is 2.54. The Bertz CT molecular complexity index is 557. The van der Waals surface area contributed by atoms with Crippen molar-refractivity contribution in [1.29, 1.82) is 0 Å². The van der Waals surface area contributed by atoms with Crippen molar-refractivity contribution in [2.75, 3.05) is 0 Å². The number of aryl methyl sites for hydroxylation is 1. The second-order valence-electron chi connectivity index (χ2n) is 3.42. The number of carbonyl (C=O) groups excluding carboxylic acids is 1. The number of aromatic nitrogens is 2. The van der Waals surface area contributed by atoms with Gasteiger partial charge in [-0.2, -0.15) is 13.2 Å². The van der Waals surface area contributed by atoms with Crippen LogP contribution in [0.5, 0.6) is 0 Å². The Morgan fingerprint density at radius 3 is 2.62 bits per heavy atom. The number of rotatable bonds is 1. The minimum absolute atomic E-state index is 0.0303. The van der Waals surface area contributed by atoms with E-state index in [0.29, 0.717) is 12.0 Å². The van der Waals surface area contributed by atoms with Gasteiger partial charge in [-0.15, -0.1) is 0 Å². The van der Waals surface area contributed by atoms with Crippen molar-refractivity contribution in [3.63, 3.8) is 0 Å². The lowest BCUT2D eigenvalue weighted by Gasteiger charge is -2.08. The number of carbonyl (C=O) groups is 1. The van der Waals surface area contributed by atoms with E-state index >= 15 is 0 Å². The van der Waals surface area contributed by atoms with Gasteiger partial charge in [0.1, 0.15) is 5.65 Å². The van der Waals surface area contributed by atoms with Crippen molar-refractivity contribution < 1.29 is 18.0 Å². The summed E-state index contributed by atoms with van der Waals surface area (Å²) in [5.41, 5.74) is -0.647. The zero-order valence-electron chi connectivity index (χ0n) is 8.25. The molecule has 3 nitrogen and oxygen atoms in total. The van der Waals surface area contributed by atoms with E-state index in [1.165, 1.54) is 16.8 Å². The van der Waals surface area contributed by atoms with Crippen LogP contribution in [-0.2, 0) is 6.18 Å². The molecule has 0 spiro atoms. The van der Waals surface area contributed by atoms with E-state index in [2.05, 4.69) is 4.98 Å².